The van der Waals surface area contributed by atoms with Gasteiger partial charge >= 0.3 is 0 Å². The number of halogens is 1. The molecule has 3 rings (SSSR count). The minimum atomic E-state index is -3.57. The second-order valence-electron chi connectivity index (χ2n) is 7.07. The number of ether oxygens (including phenoxy) is 1. The number of hydrogen-bond donors (Lipinski definition) is 3. The predicted molar refractivity (Wildman–Crippen MR) is 132 cm³/mol. The van der Waals surface area contributed by atoms with E-state index in [1.807, 2.05) is 31.2 Å². The molecule has 3 N–H and O–H groups in total. The van der Waals surface area contributed by atoms with Gasteiger partial charge in [-0.25, -0.2) is 18.1 Å². The number of para-hydroxylation sites is 1. The summed E-state index contributed by atoms with van der Waals surface area (Å²) in [6, 6.07) is 11.0. The molecule has 0 amide bonds. The van der Waals surface area contributed by atoms with Gasteiger partial charge in [0.15, 0.2) is 5.96 Å². The lowest BCUT2D eigenvalue weighted by atomic mass is 10.2. The van der Waals surface area contributed by atoms with Crippen LogP contribution in [0.4, 0.5) is 0 Å². The molecule has 1 fully saturated rings. The molecule has 0 radical (unpaired) electrons. The number of sulfonamides is 1. The van der Waals surface area contributed by atoms with Gasteiger partial charge in [-0.05, 0) is 43.9 Å². The first-order valence-corrected chi connectivity index (χ1v) is 11.7. The summed E-state index contributed by atoms with van der Waals surface area (Å²) in [5.41, 5.74) is 1.02. The lowest BCUT2D eigenvalue weighted by Gasteiger charge is -2.13. The first kappa shape index (κ1) is 25.3. The molecule has 10 heteroatoms. The molecule has 1 heterocycles. The molecule has 0 bridgehead atoms. The van der Waals surface area contributed by atoms with Crippen LogP contribution in [0.15, 0.2) is 58.7 Å². The third-order valence-corrected chi connectivity index (χ3v) is 6.00. The third kappa shape index (κ3) is 8.62. The maximum absolute atomic E-state index is 12.2. The SMILES string of the molecule is CCNC(=NCc1ccccc1OCC1CC1)NCCNS(=O)(=O)c1cccnc1.I. The monoisotopic (exact) mass is 559 g/mol. The normalized spacial score (nSPS) is 13.9. The number of hydrogen-bond acceptors (Lipinski definition) is 5. The van der Waals surface area contributed by atoms with Crippen molar-refractivity contribution in [1.82, 2.24) is 20.3 Å². The first-order valence-electron chi connectivity index (χ1n) is 10.2. The Labute approximate surface area is 201 Å². The molecule has 0 aliphatic heterocycles. The van der Waals surface area contributed by atoms with Crippen molar-refractivity contribution in [2.24, 2.45) is 10.9 Å². The Morgan fingerprint density at radius 2 is 1.97 bits per heavy atom. The van der Waals surface area contributed by atoms with Crippen LogP contribution in [-0.4, -0.2) is 45.6 Å². The number of nitrogens with one attached hydrogen (secondary N) is 3. The molecule has 170 valence electrons. The van der Waals surface area contributed by atoms with Crippen molar-refractivity contribution in [1.29, 1.82) is 0 Å². The van der Waals surface area contributed by atoms with Gasteiger partial charge in [0, 0.05) is 37.6 Å². The standard InChI is InChI=1S/C21H29N5O3S.HI/c1-2-23-21(24-12-13-26-30(27,28)19-7-5-11-22-15-19)25-14-18-6-3-4-8-20(18)29-16-17-9-10-17;/h3-8,11,15,17,26H,2,9-10,12-14,16H2,1H3,(H2,23,24,25);1H. The van der Waals surface area contributed by atoms with Crippen LogP contribution in [0, 0.1) is 5.92 Å². The Kier molecular flexibility index (Phi) is 10.5. The van der Waals surface area contributed by atoms with Gasteiger partial charge in [-0.3, -0.25) is 4.98 Å². The van der Waals surface area contributed by atoms with E-state index in [4.69, 9.17) is 4.74 Å². The van der Waals surface area contributed by atoms with E-state index in [1.165, 1.54) is 31.3 Å². The van der Waals surface area contributed by atoms with E-state index in [-0.39, 0.29) is 35.4 Å². The Morgan fingerprint density at radius 3 is 2.68 bits per heavy atom. The molecule has 0 saturated heterocycles. The van der Waals surface area contributed by atoms with Crippen LogP contribution >= 0.6 is 24.0 Å². The average Bonchev–Trinajstić information content (AvgIpc) is 3.59. The number of rotatable bonds is 11. The van der Waals surface area contributed by atoms with Crippen molar-refractivity contribution in [3.05, 3.63) is 54.4 Å². The number of benzene rings is 1. The van der Waals surface area contributed by atoms with Gasteiger partial charge in [-0.2, -0.15) is 0 Å². The van der Waals surface area contributed by atoms with E-state index >= 15 is 0 Å². The fraction of sp³-hybridized carbons (Fsp3) is 0.429. The van der Waals surface area contributed by atoms with Crippen molar-refractivity contribution in [3.8, 4) is 5.75 Å². The van der Waals surface area contributed by atoms with Crippen LogP contribution in [0.3, 0.4) is 0 Å². The molecule has 1 aliphatic rings. The smallest absolute Gasteiger partial charge is 0.242 e. The molecular formula is C21H30IN5O3S. The molecule has 8 nitrogen and oxygen atoms in total. The minimum Gasteiger partial charge on any atom is -0.493 e. The highest BCUT2D eigenvalue weighted by Crippen LogP contribution is 2.30. The van der Waals surface area contributed by atoms with Crippen LogP contribution in [0.25, 0.3) is 0 Å². The molecule has 0 atom stereocenters. The van der Waals surface area contributed by atoms with Crippen molar-refractivity contribution in [2.75, 3.05) is 26.2 Å². The van der Waals surface area contributed by atoms with E-state index < -0.39 is 10.0 Å². The van der Waals surface area contributed by atoms with E-state index in [2.05, 4.69) is 25.3 Å². The third-order valence-electron chi connectivity index (χ3n) is 4.55. The highest BCUT2D eigenvalue weighted by atomic mass is 127. The summed E-state index contributed by atoms with van der Waals surface area (Å²) < 4.78 is 32.9. The van der Waals surface area contributed by atoms with Gasteiger partial charge in [0.05, 0.1) is 13.2 Å². The Hall–Kier alpha value is -1.92. The number of pyridine rings is 1. The lowest BCUT2D eigenvalue weighted by molar-refractivity contribution is 0.297. The summed E-state index contributed by atoms with van der Waals surface area (Å²) >= 11 is 0. The molecule has 0 spiro atoms. The van der Waals surface area contributed by atoms with Crippen molar-refractivity contribution < 1.29 is 13.2 Å². The summed E-state index contributed by atoms with van der Waals surface area (Å²) in [5, 5.41) is 6.32. The Balaban J connectivity index is 0.00000341. The van der Waals surface area contributed by atoms with Gasteiger partial charge in [0.2, 0.25) is 10.0 Å². The molecule has 31 heavy (non-hydrogen) atoms. The molecule has 1 aromatic carbocycles. The minimum absolute atomic E-state index is 0. The maximum atomic E-state index is 12.2. The second-order valence-corrected chi connectivity index (χ2v) is 8.84. The van der Waals surface area contributed by atoms with Crippen LogP contribution < -0.4 is 20.1 Å². The zero-order valence-corrected chi connectivity index (χ0v) is 20.7. The number of aliphatic imine (C=N–C) groups is 1. The van der Waals surface area contributed by atoms with Crippen molar-refractivity contribution in [2.45, 2.75) is 31.2 Å². The van der Waals surface area contributed by atoms with Crippen LogP contribution in [0.5, 0.6) is 5.75 Å². The Morgan fingerprint density at radius 1 is 1.16 bits per heavy atom. The van der Waals surface area contributed by atoms with Crippen LogP contribution in [0.2, 0.25) is 0 Å². The summed E-state index contributed by atoms with van der Waals surface area (Å²) in [7, 11) is -3.57. The second kappa shape index (κ2) is 12.8. The van der Waals surface area contributed by atoms with E-state index in [1.54, 1.807) is 6.07 Å². The summed E-state index contributed by atoms with van der Waals surface area (Å²) in [4.78, 5) is 8.60. The zero-order valence-electron chi connectivity index (χ0n) is 17.6. The van der Waals surface area contributed by atoms with E-state index in [0.29, 0.717) is 31.5 Å². The van der Waals surface area contributed by atoms with Gasteiger partial charge in [-0.1, -0.05) is 18.2 Å². The molecule has 2 aromatic rings. The fourth-order valence-corrected chi connectivity index (χ4v) is 3.72. The quantitative estimate of drug-likeness (QED) is 0.169. The number of aromatic nitrogens is 1. The van der Waals surface area contributed by atoms with Crippen molar-refractivity contribution >= 4 is 40.0 Å². The molecule has 1 aliphatic carbocycles. The number of guanidine groups is 1. The summed E-state index contributed by atoms with van der Waals surface area (Å²) in [6.45, 7) is 4.53. The summed E-state index contributed by atoms with van der Waals surface area (Å²) in [6.07, 6.45) is 5.36. The van der Waals surface area contributed by atoms with E-state index in [0.717, 1.165) is 17.9 Å². The number of nitrogens with zero attached hydrogens (tertiary/aromatic N) is 2. The van der Waals surface area contributed by atoms with Gasteiger partial charge < -0.3 is 15.4 Å². The Bertz CT molecular complexity index is 937. The first-order chi connectivity index (χ1) is 14.6. The maximum Gasteiger partial charge on any atom is 0.242 e. The summed E-state index contributed by atoms with van der Waals surface area (Å²) in [5.74, 6) is 2.18. The largest absolute Gasteiger partial charge is 0.493 e. The van der Waals surface area contributed by atoms with Crippen LogP contribution in [0.1, 0.15) is 25.3 Å². The zero-order chi connectivity index (χ0) is 21.2. The highest BCUT2D eigenvalue weighted by molar-refractivity contribution is 14.0. The topological polar surface area (TPSA) is 105 Å². The lowest BCUT2D eigenvalue weighted by Crippen LogP contribution is -2.41. The fourth-order valence-electron chi connectivity index (χ4n) is 2.73. The highest BCUT2D eigenvalue weighted by Gasteiger charge is 2.22. The molecule has 0 unspecified atom stereocenters. The van der Waals surface area contributed by atoms with Gasteiger partial charge in [0.1, 0.15) is 10.6 Å². The van der Waals surface area contributed by atoms with Gasteiger partial charge in [-0.15, -0.1) is 24.0 Å². The molecular weight excluding hydrogens is 529 g/mol. The average molecular weight is 559 g/mol. The van der Waals surface area contributed by atoms with Gasteiger partial charge in [0.25, 0.3) is 0 Å². The molecule has 1 aromatic heterocycles. The van der Waals surface area contributed by atoms with Crippen LogP contribution in [-0.2, 0) is 16.6 Å². The van der Waals surface area contributed by atoms with E-state index in [9.17, 15) is 8.42 Å². The molecule has 1 saturated carbocycles. The predicted octanol–water partition coefficient (Wildman–Crippen LogP) is 2.52. The van der Waals surface area contributed by atoms with Crippen molar-refractivity contribution in [3.63, 3.8) is 0 Å².